The summed E-state index contributed by atoms with van der Waals surface area (Å²) in [6.45, 7) is 1.22. The van der Waals surface area contributed by atoms with Crippen molar-refractivity contribution in [3.63, 3.8) is 0 Å². The Bertz CT molecular complexity index is 380. The first-order chi connectivity index (χ1) is 8.22. The van der Waals surface area contributed by atoms with Gasteiger partial charge in [-0.15, -0.1) is 0 Å². The number of halogens is 2. The zero-order chi connectivity index (χ0) is 12.3. The molecular weight excluding hydrogens is 224 g/mol. The van der Waals surface area contributed by atoms with E-state index >= 15 is 0 Å². The molecule has 0 aliphatic heterocycles. The van der Waals surface area contributed by atoms with E-state index in [1.165, 1.54) is 12.1 Å². The molecule has 0 bridgehead atoms. The number of hydrogen-bond acceptors (Lipinski definition) is 2. The first-order valence-corrected chi connectivity index (χ1v) is 5.89. The molecule has 17 heavy (non-hydrogen) atoms. The van der Waals surface area contributed by atoms with Gasteiger partial charge in [0.25, 0.3) is 0 Å². The molecule has 2 nitrogen and oxygen atoms in total. The van der Waals surface area contributed by atoms with Crippen LogP contribution in [-0.4, -0.2) is 20.3 Å². The van der Waals surface area contributed by atoms with E-state index in [4.69, 9.17) is 4.74 Å². The van der Waals surface area contributed by atoms with Gasteiger partial charge in [-0.2, -0.15) is 0 Å². The summed E-state index contributed by atoms with van der Waals surface area (Å²) in [5, 5.41) is 3.24. The SMILES string of the molecule is COCCN[C@@H](c1cc(F)ccc1F)C1CC1. The lowest BCUT2D eigenvalue weighted by Crippen LogP contribution is -2.27. The summed E-state index contributed by atoms with van der Waals surface area (Å²) in [5.74, 6) is -0.308. The molecule has 2 rings (SSSR count). The molecule has 0 unspecified atom stereocenters. The van der Waals surface area contributed by atoms with Gasteiger partial charge in [0.05, 0.1) is 6.61 Å². The van der Waals surface area contributed by atoms with Gasteiger partial charge < -0.3 is 10.1 Å². The molecule has 0 amide bonds. The van der Waals surface area contributed by atoms with Gasteiger partial charge in [0.15, 0.2) is 0 Å². The molecule has 4 heteroatoms. The fourth-order valence-electron chi connectivity index (χ4n) is 2.03. The first-order valence-electron chi connectivity index (χ1n) is 5.89. The Kier molecular flexibility index (Phi) is 4.07. The van der Waals surface area contributed by atoms with Crippen LogP contribution in [-0.2, 0) is 4.74 Å². The van der Waals surface area contributed by atoms with Crippen molar-refractivity contribution in [2.45, 2.75) is 18.9 Å². The summed E-state index contributed by atoms with van der Waals surface area (Å²) < 4.78 is 31.8. The predicted molar refractivity (Wildman–Crippen MR) is 61.7 cm³/mol. The summed E-state index contributed by atoms with van der Waals surface area (Å²) in [6, 6.07) is 3.54. The maximum atomic E-state index is 13.7. The van der Waals surface area contributed by atoms with Crippen molar-refractivity contribution in [1.82, 2.24) is 5.32 Å². The number of rotatable bonds is 6. The molecule has 0 spiro atoms. The summed E-state index contributed by atoms with van der Waals surface area (Å²) in [6.07, 6.45) is 2.14. The number of ether oxygens (including phenoxy) is 1. The monoisotopic (exact) mass is 241 g/mol. The third kappa shape index (κ3) is 3.23. The third-order valence-corrected chi connectivity index (χ3v) is 3.06. The lowest BCUT2D eigenvalue weighted by atomic mass is 10.0. The van der Waals surface area contributed by atoms with Crippen LogP contribution in [0.4, 0.5) is 8.78 Å². The minimum atomic E-state index is -0.388. The largest absolute Gasteiger partial charge is 0.383 e. The standard InChI is InChI=1S/C13H17F2NO/c1-17-7-6-16-13(9-2-3-9)11-8-10(14)4-5-12(11)15/h4-5,8-9,13,16H,2-3,6-7H2,1H3/t13-/m1/s1. The van der Waals surface area contributed by atoms with Crippen molar-refractivity contribution in [1.29, 1.82) is 0 Å². The van der Waals surface area contributed by atoms with E-state index in [9.17, 15) is 8.78 Å². The Morgan fingerprint density at radius 3 is 2.82 bits per heavy atom. The summed E-state index contributed by atoms with van der Waals surface area (Å²) in [5.41, 5.74) is 0.434. The number of benzene rings is 1. The topological polar surface area (TPSA) is 21.3 Å². The zero-order valence-electron chi connectivity index (χ0n) is 9.88. The molecule has 1 N–H and O–H groups in total. The maximum Gasteiger partial charge on any atom is 0.128 e. The third-order valence-electron chi connectivity index (χ3n) is 3.06. The molecule has 1 aromatic rings. The van der Waals surface area contributed by atoms with Crippen LogP contribution in [0.2, 0.25) is 0 Å². The summed E-state index contributed by atoms with van der Waals surface area (Å²) in [7, 11) is 1.62. The average Bonchev–Trinajstić information content (AvgIpc) is 3.12. The van der Waals surface area contributed by atoms with E-state index in [0.717, 1.165) is 18.9 Å². The van der Waals surface area contributed by atoms with Crippen molar-refractivity contribution in [2.24, 2.45) is 5.92 Å². The second kappa shape index (κ2) is 5.56. The molecule has 94 valence electrons. The van der Waals surface area contributed by atoms with Gasteiger partial charge >= 0.3 is 0 Å². The summed E-state index contributed by atoms with van der Waals surface area (Å²) in [4.78, 5) is 0. The smallest absolute Gasteiger partial charge is 0.128 e. The molecular formula is C13H17F2NO. The fourth-order valence-corrected chi connectivity index (χ4v) is 2.03. The Morgan fingerprint density at radius 1 is 1.41 bits per heavy atom. The van der Waals surface area contributed by atoms with Gasteiger partial charge in [-0.3, -0.25) is 0 Å². The van der Waals surface area contributed by atoms with Crippen molar-refractivity contribution in [3.8, 4) is 0 Å². The number of methoxy groups -OCH3 is 1. The van der Waals surface area contributed by atoms with Crippen molar-refractivity contribution in [2.75, 3.05) is 20.3 Å². The highest BCUT2D eigenvalue weighted by Gasteiger charge is 2.33. The second-order valence-corrected chi connectivity index (χ2v) is 4.43. The van der Waals surface area contributed by atoms with Crippen molar-refractivity contribution >= 4 is 0 Å². The maximum absolute atomic E-state index is 13.7. The lowest BCUT2D eigenvalue weighted by molar-refractivity contribution is 0.194. The highest BCUT2D eigenvalue weighted by molar-refractivity contribution is 5.24. The number of hydrogen-bond donors (Lipinski definition) is 1. The van der Waals surface area contributed by atoms with Crippen LogP contribution in [0.1, 0.15) is 24.4 Å². The molecule has 1 saturated carbocycles. The molecule has 1 aliphatic carbocycles. The van der Waals surface area contributed by atoms with Crippen LogP contribution in [0.15, 0.2) is 18.2 Å². The molecule has 0 heterocycles. The van der Waals surface area contributed by atoms with Crippen molar-refractivity contribution < 1.29 is 13.5 Å². The van der Waals surface area contributed by atoms with E-state index < -0.39 is 0 Å². The van der Waals surface area contributed by atoms with Crippen LogP contribution in [0.5, 0.6) is 0 Å². The number of nitrogens with one attached hydrogen (secondary N) is 1. The van der Waals surface area contributed by atoms with Crippen LogP contribution in [0.25, 0.3) is 0 Å². The minimum Gasteiger partial charge on any atom is -0.383 e. The van der Waals surface area contributed by atoms with Gasteiger partial charge in [0.2, 0.25) is 0 Å². The Labute approximate surface area is 100.0 Å². The fraction of sp³-hybridized carbons (Fsp3) is 0.538. The highest BCUT2D eigenvalue weighted by atomic mass is 19.1. The normalized spacial score (nSPS) is 17.1. The van der Waals surface area contributed by atoms with Crippen LogP contribution < -0.4 is 5.32 Å². The molecule has 1 aromatic carbocycles. The van der Waals surface area contributed by atoms with E-state index in [-0.39, 0.29) is 17.7 Å². The van der Waals surface area contributed by atoms with E-state index in [2.05, 4.69) is 5.32 Å². The molecule has 1 atom stereocenters. The van der Waals surface area contributed by atoms with Crippen molar-refractivity contribution in [3.05, 3.63) is 35.4 Å². The van der Waals surface area contributed by atoms with E-state index in [1.807, 2.05) is 0 Å². The Morgan fingerprint density at radius 2 is 2.18 bits per heavy atom. The lowest BCUT2D eigenvalue weighted by Gasteiger charge is -2.19. The van der Waals surface area contributed by atoms with Gasteiger partial charge in [-0.1, -0.05) is 0 Å². The molecule has 1 aliphatic rings. The molecule has 0 aromatic heterocycles. The molecule has 0 saturated heterocycles. The summed E-state index contributed by atoms with van der Waals surface area (Å²) >= 11 is 0. The van der Waals surface area contributed by atoms with Crippen LogP contribution in [0.3, 0.4) is 0 Å². The Balaban J connectivity index is 2.11. The van der Waals surface area contributed by atoms with Crippen LogP contribution >= 0.6 is 0 Å². The van der Waals surface area contributed by atoms with Gasteiger partial charge in [-0.05, 0) is 37.0 Å². The van der Waals surface area contributed by atoms with E-state index in [0.29, 0.717) is 24.6 Å². The van der Waals surface area contributed by atoms with E-state index in [1.54, 1.807) is 7.11 Å². The quantitative estimate of drug-likeness (QED) is 0.773. The van der Waals surface area contributed by atoms with Crippen LogP contribution in [0, 0.1) is 17.6 Å². The Hall–Kier alpha value is -1.00. The molecule has 1 fully saturated rings. The average molecular weight is 241 g/mol. The van der Waals surface area contributed by atoms with Gasteiger partial charge in [0, 0.05) is 25.3 Å². The first kappa shape index (κ1) is 12.5. The molecule has 0 radical (unpaired) electrons. The predicted octanol–water partition coefficient (Wildman–Crippen LogP) is 2.65. The minimum absolute atomic E-state index is 0.0964. The van der Waals surface area contributed by atoms with Gasteiger partial charge in [0.1, 0.15) is 11.6 Å². The second-order valence-electron chi connectivity index (χ2n) is 4.43. The zero-order valence-corrected chi connectivity index (χ0v) is 9.88. The highest BCUT2D eigenvalue weighted by Crippen LogP contribution is 2.41. The van der Waals surface area contributed by atoms with Gasteiger partial charge in [-0.25, -0.2) is 8.78 Å².